The highest BCUT2D eigenvalue weighted by atomic mass is 32.1. The fraction of sp³-hybridized carbons (Fsp3) is 0.500. The second-order valence-electron chi connectivity index (χ2n) is 5.97. The minimum atomic E-state index is -0.300. The molecule has 2 rings (SSSR count). The molecule has 8 heteroatoms. The molecule has 0 aliphatic rings. The Balaban J connectivity index is 2.01. The van der Waals surface area contributed by atoms with Gasteiger partial charge in [-0.1, -0.05) is 12.1 Å². The molecule has 1 aromatic carbocycles. The van der Waals surface area contributed by atoms with E-state index < -0.39 is 0 Å². The van der Waals surface area contributed by atoms with Crippen molar-refractivity contribution in [3.05, 3.63) is 40.4 Å². The number of esters is 1. The lowest BCUT2D eigenvalue weighted by Gasteiger charge is -2.16. The first-order valence-corrected chi connectivity index (χ1v) is 9.04. The van der Waals surface area contributed by atoms with Gasteiger partial charge in [-0.2, -0.15) is 5.10 Å². The third-order valence-electron chi connectivity index (χ3n) is 3.80. The summed E-state index contributed by atoms with van der Waals surface area (Å²) >= 11 is 5.43. The quantitative estimate of drug-likeness (QED) is 0.494. The van der Waals surface area contributed by atoms with Crippen molar-refractivity contribution in [2.24, 2.45) is 7.05 Å². The number of rotatable bonds is 9. The number of nitrogens with zero attached hydrogens (tertiary/aromatic N) is 4. The van der Waals surface area contributed by atoms with Crippen LogP contribution in [0.3, 0.4) is 0 Å². The number of hydrogen-bond donors (Lipinski definition) is 0. The second-order valence-corrected chi connectivity index (χ2v) is 6.34. The van der Waals surface area contributed by atoms with Gasteiger partial charge in [0.15, 0.2) is 4.77 Å². The van der Waals surface area contributed by atoms with Gasteiger partial charge < -0.3 is 14.0 Å². The molecule has 1 heterocycles. The van der Waals surface area contributed by atoms with Gasteiger partial charge in [0.05, 0.1) is 19.9 Å². The Bertz CT molecular complexity index is 783. The number of aromatic nitrogens is 3. The molecule has 0 fully saturated rings. The van der Waals surface area contributed by atoms with E-state index in [2.05, 4.69) is 10.00 Å². The molecular weight excluding hydrogens is 352 g/mol. The zero-order valence-electron chi connectivity index (χ0n) is 15.8. The normalized spacial score (nSPS) is 11.0. The van der Waals surface area contributed by atoms with E-state index >= 15 is 0 Å². The van der Waals surface area contributed by atoms with Crippen molar-refractivity contribution < 1.29 is 14.3 Å². The van der Waals surface area contributed by atoms with E-state index in [1.54, 1.807) is 16.2 Å². The fourth-order valence-corrected chi connectivity index (χ4v) is 2.77. The zero-order valence-corrected chi connectivity index (χ0v) is 16.6. The first kappa shape index (κ1) is 20.1. The predicted octanol–water partition coefficient (Wildman–Crippen LogP) is 2.54. The predicted molar refractivity (Wildman–Crippen MR) is 101 cm³/mol. The first-order chi connectivity index (χ1) is 12.4. The molecule has 0 spiro atoms. The van der Waals surface area contributed by atoms with Crippen LogP contribution in [0.25, 0.3) is 0 Å². The van der Waals surface area contributed by atoms with E-state index in [4.69, 9.17) is 21.7 Å². The van der Waals surface area contributed by atoms with Crippen LogP contribution in [0.1, 0.15) is 25.2 Å². The minimum absolute atomic E-state index is 0.115. The van der Waals surface area contributed by atoms with Gasteiger partial charge >= 0.3 is 5.97 Å². The van der Waals surface area contributed by atoms with Crippen molar-refractivity contribution in [2.45, 2.75) is 33.5 Å². The molecule has 0 aliphatic carbocycles. The third-order valence-corrected chi connectivity index (χ3v) is 4.29. The molecular formula is C18H26N4O3S. The molecule has 142 valence electrons. The molecule has 0 aliphatic heterocycles. The molecule has 0 N–H and O–H groups in total. The van der Waals surface area contributed by atoms with Gasteiger partial charge in [0.1, 0.15) is 18.0 Å². The fourth-order valence-electron chi connectivity index (χ4n) is 2.57. The van der Waals surface area contributed by atoms with Crippen molar-refractivity contribution >= 4 is 18.2 Å². The Morgan fingerprint density at radius 3 is 2.54 bits per heavy atom. The number of hydrogen-bond acceptors (Lipinski definition) is 6. The number of benzene rings is 1. The van der Waals surface area contributed by atoms with Crippen molar-refractivity contribution in [1.29, 1.82) is 0 Å². The lowest BCUT2D eigenvalue weighted by atomic mass is 10.2. The number of carbonyl (C=O) groups excluding carboxylic acids is 1. The molecule has 0 bridgehead atoms. The van der Waals surface area contributed by atoms with E-state index in [1.165, 1.54) is 5.56 Å². The maximum atomic E-state index is 11.7. The Hall–Kier alpha value is -2.19. The smallest absolute Gasteiger partial charge is 0.313 e. The van der Waals surface area contributed by atoms with Crippen LogP contribution >= 0.6 is 12.2 Å². The van der Waals surface area contributed by atoms with Gasteiger partial charge in [-0.25, -0.2) is 4.68 Å². The average molecular weight is 378 g/mol. The highest BCUT2D eigenvalue weighted by Crippen LogP contribution is 2.13. The highest BCUT2D eigenvalue weighted by Gasteiger charge is 2.14. The van der Waals surface area contributed by atoms with Crippen molar-refractivity contribution in [3.63, 3.8) is 0 Å². The summed E-state index contributed by atoms with van der Waals surface area (Å²) in [5.74, 6) is 1.17. The van der Waals surface area contributed by atoms with Crippen molar-refractivity contribution in [1.82, 2.24) is 19.2 Å². The summed E-state index contributed by atoms with van der Waals surface area (Å²) in [7, 11) is 3.81. The maximum absolute atomic E-state index is 11.7. The second kappa shape index (κ2) is 9.49. The molecule has 26 heavy (non-hydrogen) atoms. The molecule has 2 aromatic rings. The Morgan fingerprint density at radius 2 is 1.92 bits per heavy atom. The summed E-state index contributed by atoms with van der Waals surface area (Å²) in [5, 5.41) is 4.46. The van der Waals surface area contributed by atoms with E-state index in [0.29, 0.717) is 30.5 Å². The van der Waals surface area contributed by atoms with Crippen LogP contribution in [0.2, 0.25) is 0 Å². The van der Waals surface area contributed by atoms with Gasteiger partial charge in [-0.05, 0) is 50.8 Å². The first-order valence-electron chi connectivity index (χ1n) is 8.63. The third kappa shape index (κ3) is 5.40. The molecule has 0 saturated carbocycles. The molecule has 0 amide bonds. The van der Waals surface area contributed by atoms with Gasteiger partial charge in [0.2, 0.25) is 0 Å². The van der Waals surface area contributed by atoms with Gasteiger partial charge in [-0.3, -0.25) is 9.69 Å². The van der Waals surface area contributed by atoms with Crippen LogP contribution in [-0.2, 0) is 36.2 Å². The van der Waals surface area contributed by atoms with E-state index in [9.17, 15) is 4.79 Å². The van der Waals surface area contributed by atoms with Gasteiger partial charge in [-0.15, -0.1) is 0 Å². The van der Waals surface area contributed by atoms with Crippen LogP contribution in [0, 0.1) is 4.77 Å². The summed E-state index contributed by atoms with van der Waals surface area (Å²) in [6.45, 7) is 6.04. The SMILES string of the molecule is CCOC(=O)Cc1nn(CN(C)Cc2ccc(OCC)cc2)c(=S)n1C. The lowest BCUT2D eigenvalue weighted by molar-refractivity contribution is -0.142. The summed E-state index contributed by atoms with van der Waals surface area (Å²) in [4.78, 5) is 13.8. The van der Waals surface area contributed by atoms with Gasteiger partial charge in [0.25, 0.3) is 0 Å². The van der Waals surface area contributed by atoms with E-state index in [0.717, 1.165) is 12.3 Å². The zero-order chi connectivity index (χ0) is 19.1. The van der Waals surface area contributed by atoms with Crippen molar-refractivity contribution in [3.8, 4) is 5.75 Å². The van der Waals surface area contributed by atoms with Gasteiger partial charge in [0, 0.05) is 13.6 Å². The Morgan fingerprint density at radius 1 is 1.23 bits per heavy atom. The van der Waals surface area contributed by atoms with Crippen LogP contribution < -0.4 is 4.74 Å². The summed E-state index contributed by atoms with van der Waals surface area (Å²) in [6.07, 6.45) is 0.115. The average Bonchev–Trinajstić information content (AvgIpc) is 2.85. The monoisotopic (exact) mass is 378 g/mol. The largest absolute Gasteiger partial charge is 0.494 e. The Labute approximate surface area is 159 Å². The maximum Gasteiger partial charge on any atom is 0.313 e. The molecule has 0 atom stereocenters. The highest BCUT2D eigenvalue weighted by molar-refractivity contribution is 7.71. The van der Waals surface area contributed by atoms with Crippen LogP contribution in [-0.4, -0.2) is 45.5 Å². The van der Waals surface area contributed by atoms with Crippen LogP contribution in [0.4, 0.5) is 0 Å². The minimum Gasteiger partial charge on any atom is -0.494 e. The standard InChI is InChI=1S/C18H26N4O3S/c1-5-24-15-9-7-14(8-10-15)12-20(3)13-22-18(26)21(4)16(19-22)11-17(23)25-6-2/h7-10H,5-6,11-13H2,1-4H3. The molecule has 0 saturated heterocycles. The summed E-state index contributed by atoms with van der Waals surface area (Å²) in [5.41, 5.74) is 1.17. The van der Waals surface area contributed by atoms with Crippen LogP contribution in [0.15, 0.2) is 24.3 Å². The summed E-state index contributed by atoms with van der Waals surface area (Å²) in [6, 6.07) is 8.03. The molecule has 7 nitrogen and oxygen atoms in total. The molecule has 0 unspecified atom stereocenters. The molecule has 1 aromatic heterocycles. The van der Waals surface area contributed by atoms with Crippen molar-refractivity contribution in [2.75, 3.05) is 20.3 Å². The van der Waals surface area contributed by atoms with E-state index in [1.807, 2.05) is 45.3 Å². The lowest BCUT2D eigenvalue weighted by Crippen LogP contribution is -2.22. The summed E-state index contributed by atoms with van der Waals surface area (Å²) < 4.78 is 14.5. The Kier molecular flexibility index (Phi) is 7.35. The number of ether oxygens (including phenoxy) is 2. The molecule has 0 radical (unpaired) electrons. The van der Waals surface area contributed by atoms with Crippen LogP contribution in [0.5, 0.6) is 5.75 Å². The number of carbonyl (C=O) groups is 1. The van der Waals surface area contributed by atoms with E-state index in [-0.39, 0.29) is 12.4 Å². The topological polar surface area (TPSA) is 61.5 Å².